The quantitative estimate of drug-likeness (QED) is 0.208. The zero-order valence-electron chi connectivity index (χ0n) is 20.8. The molecule has 176 valence electrons. The van der Waals surface area contributed by atoms with Crippen LogP contribution in [-0.4, -0.2) is 18.3 Å². The highest BCUT2D eigenvalue weighted by molar-refractivity contribution is 6.64. The van der Waals surface area contributed by atoms with Gasteiger partial charge in [-0.3, -0.25) is 0 Å². The molecule has 0 bridgehead atoms. The average Bonchev–Trinajstić information content (AvgIpc) is 3.42. The summed E-state index contributed by atoms with van der Waals surface area (Å²) in [5.74, 6) is 0. The molecule has 4 nitrogen and oxygen atoms in total. The molecule has 0 aromatic heterocycles. The SMILES string of the molecule is CC1(C)OB(c2cc3c(cc2N=O)C2(c4ccccc4-c4ccccc42)c2ccccc2-3)OC1(C)C. The highest BCUT2D eigenvalue weighted by Crippen LogP contribution is 2.62. The predicted octanol–water partition coefficient (Wildman–Crippen LogP) is 6.73. The van der Waals surface area contributed by atoms with Crippen LogP contribution in [-0.2, 0) is 14.7 Å². The summed E-state index contributed by atoms with van der Waals surface area (Å²) in [4.78, 5) is 12.3. The summed E-state index contributed by atoms with van der Waals surface area (Å²) < 4.78 is 12.7. The van der Waals surface area contributed by atoms with Gasteiger partial charge in [-0.1, -0.05) is 78.9 Å². The first-order chi connectivity index (χ1) is 17.3. The average molecular weight is 471 g/mol. The van der Waals surface area contributed by atoms with E-state index in [1.165, 1.54) is 27.8 Å². The molecule has 2 aliphatic carbocycles. The summed E-state index contributed by atoms with van der Waals surface area (Å²) in [5.41, 5.74) is 8.98. The molecule has 7 rings (SSSR count). The van der Waals surface area contributed by atoms with Gasteiger partial charge < -0.3 is 9.31 Å². The highest BCUT2D eigenvalue weighted by atomic mass is 16.7. The fourth-order valence-corrected chi connectivity index (χ4v) is 6.38. The fraction of sp³-hybridized carbons (Fsp3) is 0.226. The van der Waals surface area contributed by atoms with E-state index in [-0.39, 0.29) is 0 Å². The molecule has 0 unspecified atom stereocenters. The smallest absolute Gasteiger partial charge is 0.399 e. The summed E-state index contributed by atoms with van der Waals surface area (Å²) in [5, 5.41) is 3.51. The van der Waals surface area contributed by atoms with Crippen molar-refractivity contribution in [2.45, 2.75) is 44.3 Å². The molecule has 0 saturated carbocycles. The zero-order chi connectivity index (χ0) is 24.9. The number of fused-ring (bicyclic) bond motifs is 10. The second kappa shape index (κ2) is 7.03. The Labute approximate surface area is 211 Å². The van der Waals surface area contributed by atoms with Gasteiger partial charge >= 0.3 is 7.12 Å². The molecule has 0 atom stereocenters. The van der Waals surface area contributed by atoms with E-state index in [1.54, 1.807) is 0 Å². The lowest BCUT2D eigenvalue weighted by atomic mass is 9.69. The lowest BCUT2D eigenvalue weighted by Gasteiger charge is -2.32. The van der Waals surface area contributed by atoms with E-state index >= 15 is 0 Å². The monoisotopic (exact) mass is 471 g/mol. The maximum atomic E-state index is 12.3. The minimum Gasteiger partial charge on any atom is -0.399 e. The molecule has 0 amide bonds. The van der Waals surface area contributed by atoms with Crippen molar-refractivity contribution >= 4 is 18.3 Å². The van der Waals surface area contributed by atoms with Crippen LogP contribution < -0.4 is 5.46 Å². The molecule has 1 spiro atoms. The number of nitroso groups, excluding NO2 is 1. The van der Waals surface area contributed by atoms with E-state index in [2.05, 4.69) is 84.0 Å². The third-order valence-corrected chi connectivity index (χ3v) is 8.75. The Bertz CT molecular complexity index is 1530. The van der Waals surface area contributed by atoms with Gasteiger partial charge in [0.05, 0.1) is 16.6 Å². The summed E-state index contributed by atoms with van der Waals surface area (Å²) in [7, 11) is -0.667. The number of rotatable bonds is 2. The molecular formula is C31H26BNO3. The van der Waals surface area contributed by atoms with Gasteiger partial charge in [0, 0.05) is 5.46 Å². The highest BCUT2D eigenvalue weighted by Gasteiger charge is 2.55. The van der Waals surface area contributed by atoms with Gasteiger partial charge in [0.25, 0.3) is 0 Å². The van der Waals surface area contributed by atoms with Crippen LogP contribution in [0.5, 0.6) is 0 Å². The van der Waals surface area contributed by atoms with Gasteiger partial charge in [-0.05, 0) is 83.4 Å². The Morgan fingerprint density at radius 1 is 0.611 bits per heavy atom. The lowest BCUT2D eigenvalue weighted by Crippen LogP contribution is -2.41. The Balaban J connectivity index is 1.55. The maximum absolute atomic E-state index is 12.3. The van der Waals surface area contributed by atoms with Gasteiger partial charge in [0.15, 0.2) is 0 Å². The number of hydrogen-bond donors (Lipinski definition) is 0. The molecule has 3 aliphatic rings. The van der Waals surface area contributed by atoms with Crippen molar-refractivity contribution in [1.29, 1.82) is 0 Å². The van der Waals surface area contributed by atoms with Gasteiger partial charge in [0.2, 0.25) is 0 Å². The molecule has 0 radical (unpaired) electrons. The van der Waals surface area contributed by atoms with Gasteiger partial charge in [-0.2, -0.15) is 0 Å². The normalized spacial score (nSPS) is 19.1. The molecule has 36 heavy (non-hydrogen) atoms. The summed E-state index contributed by atoms with van der Waals surface area (Å²) in [6.07, 6.45) is 0. The van der Waals surface area contributed by atoms with Crippen LogP contribution in [0.3, 0.4) is 0 Å². The molecule has 1 heterocycles. The third-order valence-electron chi connectivity index (χ3n) is 8.75. The van der Waals surface area contributed by atoms with Crippen molar-refractivity contribution in [1.82, 2.24) is 0 Å². The minimum absolute atomic E-state index is 0.362. The van der Waals surface area contributed by atoms with E-state index in [0.29, 0.717) is 11.2 Å². The Hall–Kier alpha value is -3.54. The summed E-state index contributed by atoms with van der Waals surface area (Å²) in [6, 6.07) is 29.8. The lowest BCUT2D eigenvalue weighted by molar-refractivity contribution is 0.00578. The largest absolute Gasteiger partial charge is 0.497 e. The maximum Gasteiger partial charge on any atom is 0.497 e. The second-order valence-corrected chi connectivity index (χ2v) is 11.0. The standard InChI is InChI=1S/C31H26BNO3/c1-29(2)30(3,4)36-32(35-29)27-17-22-21-13-7-10-16-25(21)31(26(22)18-28(27)33-34)23-14-8-5-11-19(23)20-12-6-9-15-24(20)31/h5-18H,1-4H3. The zero-order valence-corrected chi connectivity index (χ0v) is 20.8. The van der Waals surface area contributed by atoms with Gasteiger partial charge in [0.1, 0.15) is 5.69 Å². The summed E-state index contributed by atoms with van der Waals surface area (Å²) in [6.45, 7) is 8.08. The molecule has 0 N–H and O–H groups in total. The number of hydrogen-bond acceptors (Lipinski definition) is 4. The van der Waals surface area contributed by atoms with Crippen LogP contribution in [0, 0.1) is 4.91 Å². The van der Waals surface area contributed by atoms with Crippen molar-refractivity contribution in [2.75, 3.05) is 0 Å². The number of nitrogens with zero attached hydrogens (tertiary/aromatic N) is 1. The van der Waals surface area contributed by atoms with Crippen molar-refractivity contribution in [3.8, 4) is 22.3 Å². The van der Waals surface area contributed by atoms with Crippen LogP contribution >= 0.6 is 0 Å². The van der Waals surface area contributed by atoms with Crippen molar-refractivity contribution in [3.05, 3.63) is 112 Å². The van der Waals surface area contributed by atoms with Crippen LogP contribution in [0.4, 0.5) is 5.69 Å². The predicted molar refractivity (Wildman–Crippen MR) is 144 cm³/mol. The number of benzene rings is 4. The van der Waals surface area contributed by atoms with E-state index in [4.69, 9.17) is 9.31 Å². The molecule has 4 aromatic rings. The van der Waals surface area contributed by atoms with Crippen LogP contribution in [0.1, 0.15) is 49.9 Å². The Kier molecular flexibility index (Phi) is 4.24. The molecule has 1 saturated heterocycles. The van der Waals surface area contributed by atoms with Crippen molar-refractivity contribution in [3.63, 3.8) is 0 Å². The molecular weight excluding hydrogens is 445 g/mol. The van der Waals surface area contributed by atoms with Gasteiger partial charge in [-0.15, -0.1) is 4.91 Å². The van der Waals surface area contributed by atoms with Crippen LogP contribution in [0.2, 0.25) is 0 Å². The Morgan fingerprint density at radius 3 is 1.53 bits per heavy atom. The first kappa shape index (κ1) is 21.7. The Morgan fingerprint density at radius 2 is 1.06 bits per heavy atom. The van der Waals surface area contributed by atoms with E-state index in [1.807, 2.05) is 33.8 Å². The van der Waals surface area contributed by atoms with Gasteiger partial charge in [-0.25, -0.2) is 0 Å². The molecule has 1 aliphatic heterocycles. The second-order valence-electron chi connectivity index (χ2n) is 11.0. The topological polar surface area (TPSA) is 47.9 Å². The minimum atomic E-state index is -0.667. The summed E-state index contributed by atoms with van der Waals surface area (Å²) >= 11 is 0. The third kappa shape index (κ3) is 2.52. The fourth-order valence-electron chi connectivity index (χ4n) is 6.38. The molecule has 1 fully saturated rings. The first-order valence-electron chi connectivity index (χ1n) is 12.5. The van der Waals surface area contributed by atoms with Crippen molar-refractivity contribution < 1.29 is 9.31 Å². The van der Waals surface area contributed by atoms with Crippen molar-refractivity contribution in [2.24, 2.45) is 5.18 Å². The van der Waals surface area contributed by atoms with Crippen LogP contribution in [0.25, 0.3) is 22.3 Å². The van der Waals surface area contributed by atoms with E-state index < -0.39 is 23.7 Å². The van der Waals surface area contributed by atoms with Crippen LogP contribution in [0.15, 0.2) is 90.1 Å². The first-order valence-corrected chi connectivity index (χ1v) is 12.5. The molecule has 4 aromatic carbocycles. The van der Waals surface area contributed by atoms with E-state index in [9.17, 15) is 4.91 Å². The molecule has 5 heteroatoms. The van der Waals surface area contributed by atoms with E-state index in [0.717, 1.165) is 16.7 Å².